The Bertz CT molecular complexity index is 661. The number of anilines is 1. The fourth-order valence-electron chi connectivity index (χ4n) is 2.08. The van der Waals surface area contributed by atoms with Gasteiger partial charge in [0.25, 0.3) is 5.91 Å². The number of ether oxygens (including phenoxy) is 1. The van der Waals surface area contributed by atoms with Crippen molar-refractivity contribution in [1.82, 2.24) is 0 Å². The summed E-state index contributed by atoms with van der Waals surface area (Å²) in [5, 5.41) is 2.91. The van der Waals surface area contributed by atoms with E-state index in [4.69, 9.17) is 4.74 Å². The fourth-order valence-corrected chi connectivity index (χ4v) is 2.34. The highest BCUT2D eigenvalue weighted by molar-refractivity contribution is 9.10. The summed E-state index contributed by atoms with van der Waals surface area (Å²) < 4.78 is 6.79. The SMILES string of the molecule is CC(C)c1ccc(NC(=O)C(C)(C)Oc2ccc(Br)cc2)cc1. The van der Waals surface area contributed by atoms with Gasteiger partial charge in [0.2, 0.25) is 0 Å². The van der Waals surface area contributed by atoms with E-state index in [1.807, 2.05) is 48.5 Å². The van der Waals surface area contributed by atoms with E-state index in [0.717, 1.165) is 10.2 Å². The minimum Gasteiger partial charge on any atom is -0.478 e. The average Bonchev–Trinajstić information content (AvgIpc) is 2.50. The summed E-state index contributed by atoms with van der Waals surface area (Å²) in [4.78, 5) is 12.5. The van der Waals surface area contributed by atoms with Crippen LogP contribution in [0.4, 0.5) is 5.69 Å². The maximum atomic E-state index is 12.5. The molecule has 3 nitrogen and oxygen atoms in total. The molecule has 0 saturated heterocycles. The normalized spacial score (nSPS) is 11.4. The van der Waals surface area contributed by atoms with Gasteiger partial charge in [-0.15, -0.1) is 0 Å². The Kier molecular flexibility index (Phi) is 5.47. The fraction of sp³-hybridized carbons (Fsp3) is 0.316. The highest BCUT2D eigenvalue weighted by Gasteiger charge is 2.30. The second-order valence-corrected chi connectivity index (χ2v) is 7.21. The molecule has 0 aliphatic carbocycles. The van der Waals surface area contributed by atoms with Crippen molar-refractivity contribution < 1.29 is 9.53 Å². The topological polar surface area (TPSA) is 38.3 Å². The van der Waals surface area contributed by atoms with Gasteiger partial charge in [-0.3, -0.25) is 4.79 Å². The highest BCUT2D eigenvalue weighted by atomic mass is 79.9. The van der Waals surface area contributed by atoms with Crippen LogP contribution < -0.4 is 10.1 Å². The van der Waals surface area contributed by atoms with Gasteiger partial charge >= 0.3 is 0 Å². The van der Waals surface area contributed by atoms with E-state index in [9.17, 15) is 4.79 Å². The Balaban J connectivity index is 2.04. The molecule has 0 heterocycles. The van der Waals surface area contributed by atoms with Crippen molar-refractivity contribution >= 4 is 27.5 Å². The first-order chi connectivity index (χ1) is 10.8. The monoisotopic (exact) mass is 375 g/mol. The molecule has 0 aliphatic heterocycles. The lowest BCUT2D eigenvalue weighted by atomic mass is 10.0. The molecule has 0 saturated carbocycles. The molecular weight excluding hydrogens is 354 g/mol. The molecule has 2 aromatic rings. The molecule has 0 bridgehead atoms. The van der Waals surface area contributed by atoms with E-state index in [-0.39, 0.29) is 5.91 Å². The lowest BCUT2D eigenvalue weighted by molar-refractivity contribution is -0.128. The first kappa shape index (κ1) is 17.5. The van der Waals surface area contributed by atoms with Gasteiger partial charge in [-0.25, -0.2) is 0 Å². The van der Waals surface area contributed by atoms with Crippen molar-refractivity contribution in [2.45, 2.75) is 39.2 Å². The molecule has 0 radical (unpaired) electrons. The summed E-state index contributed by atoms with van der Waals surface area (Å²) in [6.45, 7) is 7.80. The van der Waals surface area contributed by atoms with Gasteiger partial charge in [0.15, 0.2) is 5.60 Å². The quantitative estimate of drug-likeness (QED) is 0.762. The third kappa shape index (κ3) is 4.83. The molecule has 2 rings (SSSR count). The predicted molar refractivity (Wildman–Crippen MR) is 98.0 cm³/mol. The maximum Gasteiger partial charge on any atom is 0.267 e. The number of carbonyl (C=O) groups excluding carboxylic acids is 1. The van der Waals surface area contributed by atoms with Crippen LogP contribution in [0.25, 0.3) is 0 Å². The molecule has 0 unspecified atom stereocenters. The summed E-state index contributed by atoms with van der Waals surface area (Å²) in [6.07, 6.45) is 0. The first-order valence-electron chi connectivity index (χ1n) is 7.64. The highest BCUT2D eigenvalue weighted by Crippen LogP contribution is 2.23. The summed E-state index contributed by atoms with van der Waals surface area (Å²) in [7, 11) is 0. The van der Waals surface area contributed by atoms with E-state index in [1.165, 1.54) is 5.56 Å². The van der Waals surface area contributed by atoms with Gasteiger partial charge in [-0.2, -0.15) is 0 Å². The molecule has 122 valence electrons. The van der Waals surface area contributed by atoms with Crippen LogP contribution in [-0.4, -0.2) is 11.5 Å². The van der Waals surface area contributed by atoms with Crippen LogP contribution in [0.5, 0.6) is 5.75 Å². The zero-order valence-electron chi connectivity index (χ0n) is 13.9. The van der Waals surface area contributed by atoms with Crippen molar-refractivity contribution in [3.05, 3.63) is 58.6 Å². The standard InChI is InChI=1S/C19H22BrNO2/c1-13(2)14-5-9-16(10-6-14)21-18(22)19(3,4)23-17-11-7-15(20)8-12-17/h5-13H,1-4H3,(H,21,22). The summed E-state index contributed by atoms with van der Waals surface area (Å²) in [6, 6.07) is 15.3. The smallest absolute Gasteiger partial charge is 0.267 e. The Labute approximate surface area is 146 Å². The third-order valence-corrected chi connectivity index (χ3v) is 4.10. The van der Waals surface area contributed by atoms with E-state index in [1.54, 1.807) is 13.8 Å². The Hall–Kier alpha value is -1.81. The van der Waals surface area contributed by atoms with Crippen LogP contribution >= 0.6 is 15.9 Å². The number of benzene rings is 2. The zero-order valence-corrected chi connectivity index (χ0v) is 15.5. The molecule has 0 aliphatic rings. The Morgan fingerprint density at radius 2 is 1.61 bits per heavy atom. The molecule has 2 aromatic carbocycles. The lowest BCUT2D eigenvalue weighted by Crippen LogP contribution is -2.42. The number of amides is 1. The van der Waals surface area contributed by atoms with Crippen LogP contribution in [0, 0.1) is 0 Å². The maximum absolute atomic E-state index is 12.5. The first-order valence-corrected chi connectivity index (χ1v) is 8.43. The van der Waals surface area contributed by atoms with Gasteiger partial charge in [0.05, 0.1) is 0 Å². The third-order valence-electron chi connectivity index (χ3n) is 3.57. The van der Waals surface area contributed by atoms with Crippen molar-refractivity contribution in [2.24, 2.45) is 0 Å². The summed E-state index contributed by atoms with van der Waals surface area (Å²) in [5.74, 6) is 0.943. The van der Waals surface area contributed by atoms with E-state index in [2.05, 4.69) is 35.1 Å². The van der Waals surface area contributed by atoms with Gasteiger partial charge < -0.3 is 10.1 Å². The molecule has 0 aromatic heterocycles. The number of carbonyl (C=O) groups is 1. The van der Waals surface area contributed by atoms with Gasteiger partial charge in [0, 0.05) is 10.2 Å². The molecule has 0 spiro atoms. The van der Waals surface area contributed by atoms with Crippen molar-refractivity contribution in [3.63, 3.8) is 0 Å². The number of hydrogen-bond donors (Lipinski definition) is 1. The van der Waals surface area contributed by atoms with Gasteiger partial charge in [-0.1, -0.05) is 41.9 Å². The van der Waals surface area contributed by atoms with Crippen LogP contribution in [0.15, 0.2) is 53.0 Å². The second-order valence-electron chi connectivity index (χ2n) is 6.30. The van der Waals surface area contributed by atoms with Crippen LogP contribution in [0.3, 0.4) is 0 Å². The molecular formula is C19H22BrNO2. The van der Waals surface area contributed by atoms with Crippen LogP contribution in [0.2, 0.25) is 0 Å². The molecule has 1 N–H and O–H groups in total. The van der Waals surface area contributed by atoms with E-state index < -0.39 is 5.60 Å². The van der Waals surface area contributed by atoms with E-state index >= 15 is 0 Å². The lowest BCUT2D eigenvalue weighted by Gasteiger charge is -2.25. The number of nitrogens with one attached hydrogen (secondary N) is 1. The minimum absolute atomic E-state index is 0.183. The number of halogens is 1. The van der Waals surface area contributed by atoms with Gasteiger partial charge in [0.1, 0.15) is 5.75 Å². The summed E-state index contributed by atoms with van der Waals surface area (Å²) >= 11 is 3.38. The Morgan fingerprint density at radius 1 is 1.04 bits per heavy atom. The van der Waals surface area contributed by atoms with E-state index in [0.29, 0.717) is 11.7 Å². The van der Waals surface area contributed by atoms with Crippen molar-refractivity contribution in [2.75, 3.05) is 5.32 Å². The van der Waals surface area contributed by atoms with Crippen molar-refractivity contribution in [1.29, 1.82) is 0 Å². The number of hydrogen-bond acceptors (Lipinski definition) is 2. The molecule has 4 heteroatoms. The second kappa shape index (κ2) is 7.18. The van der Waals surface area contributed by atoms with Crippen LogP contribution in [-0.2, 0) is 4.79 Å². The Morgan fingerprint density at radius 3 is 2.13 bits per heavy atom. The molecule has 0 atom stereocenters. The summed E-state index contributed by atoms with van der Waals surface area (Å²) in [5.41, 5.74) is 1.05. The van der Waals surface area contributed by atoms with Gasteiger partial charge in [-0.05, 0) is 61.7 Å². The number of rotatable bonds is 5. The minimum atomic E-state index is -0.968. The average molecular weight is 376 g/mol. The predicted octanol–water partition coefficient (Wildman–Crippen LogP) is 5.37. The molecule has 23 heavy (non-hydrogen) atoms. The van der Waals surface area contributed by atoms with Crippen molar-refractivity contribution in [3.8, 4) is 5.75 Å². The molecule has 1 amide bonds. The van der Waals surface area contributed by atoms with Crippen LogP contribution in [0.1, 0.15) is 39.2 Å². The zero-order chi connectivity index (χ0) is 17.0. The molecule has 0 fully saturated rings. The largest absolute Gasteiger partial charge is 0.478 e.